The maximum atomic E-state index is 13.6. The quantitative estimate of drug-likeness (QED) is 0.252. The molecule has 11 nitrogen and oxygen atoms in total. The summed E-state index contributed by atoms with van der Waals surface area (Å²) in [5, 5.41) is 16.8. The van der Waals surface area contributed by atoms with Gasteiger partial charge in [-0.05, 0) is 55.7 Å². The number of nitrogens with zero attached hydrogens (tertiary/aromatic N) is 8. The molecule has 5 aromatic rings. The van der Waals surface area contributed by atoms with E-state index in [4.69, 9.17) is 19.9 Å². The van der Waals surface area contributed by atoms with Gasteiger partial charge in [-0.2, -0.15) is 5.26 Å². The molecule has 234 valence electrons. The summed E-state index contributed by atoms with van der Waals surface area (Å²) in [5.74, 6) is 1.45. The van der Waals surface area contributed by atoms with E-state index in [9.17, 15) is 14.4 Å². The number of anilines is 3. The Morgan fingerprint density at radius 2 is 1.80 bits per heavy atom. The molecule has 0 saturated carbocycles. The predicted molar refractivity (Wildman–Crippen MR) is 176 cm³/mol. The molecule has 2 aliphatic rings. The topological polar surface area (TPSA) is 127 Å². The number of aryl methyl sites for hydroxylation is 1. The Bertz CT molecular complexity index is 1920. The molecule has 2 fully saturated rings. The van der Waals surface area contributed by atoms with E-state index >= 15 is 0 Å². The second-order valence-corrected chi connectivity index (χ2v) is 12.6. The third kappa shape index (κ3) is 5.65. The number of pyridine rings is 1. The fourth-order valence-corrected chi connectivity index (χ4v) is 6.77. The summed E-state index contributed by atoms with van der Waals surface area (Å²) in [6, 6.07) is 12.4. The molecule has 1 amide bonds. The van der Waals surface area contributed by atoms with Crippen molar-refractivity contribution in [2.75, 3.05) is 43.0 Å². The van der Waals surface area contributed by atoms with Crippen molar-refractivity contribution in [2.24, 2.45) is 5.92 Å². The Morgan fingerprint density at radius 3 is 2.46 bits per heavy atom. The van der Waals surface area contributed by atoms with Crippen molar-refractivity contribution < 1.29 is 9.18 Å². The largest absolute Gasteiger partial charge is 0.353 e. The average Bonchev–Trinajstić information content (AvgIpc) is 3.66. The van der Waals surface area contributed by atoms with Gasteiger partial charge in [-0.3, -0.25) is 9.20 Å². The number of benzene rings is 1. The van der Waals surface area contributed by atoms with Gasteiger partial charge in [0.25, 0.3) is 0 Å². The van der Waals surface area contributed by atoms with Crippen LogP contribution in [-0.2, 0) is 11.2 Å². The molecule has 7 rings (SSSR count). The van der Waals surface area contributed by atoms with Crippen LogP contribution in [0, 0.1) is 23.1 Å². The molecule has 0 aliphatic carbocycles. The summed E-state index contributed by atoms with van der Waals surface area (Å²) in [6.45, 7) is 5.17. The SMILES string of the molecule is CCc1nc2ccc(-c3cnc(N4CCC(NC(=O)C5CNC5)CC4)nc3)cn2c1N(C)c1nc(-c2ccc(F)cc2)c(C#N)s1. The number of fused-ring (bicyclic) bond motifs is 1. The number of carbonyl (C=O) groups excluding carboxylic acids is 1. The molecular formula is C33H33FN10OS. The van der Waals surface area contributed by atoms with E-state index in [0.717, 1.165) is 67.3 Å². The molecule has 13 heteroatoms. The molecule has 2 aliphatic heterocycles. The van der Waals surface area contributed by atoms with E-state index in [-0.39, 0.29) is 23.7 Å². The first-order valence-electron chi connectivity index (χ1n) is 15.4. The normalized spacial score (nSPS) is 15.5. The van der Waals surface area contributed by atoms with E-state index in [1.165, 1.54) is 23.5 Å². The van der Waals surface area contributed by atoms with Crippen LogP contribution in [-0.4, -0.2) is 69.5 Å². The van der Waals surface area contributed by atoms with Gasteiger partial charge in [-0.15, -0.1) is 0 Å². The number of carbonyl (C=O) groups is 1. The standard InChI is InChI=1S/C33H33FN10OS/c1-3-26-31(42(2)33-41-29(27(14-35)46-33)20-4-7-24(34)8-5-20)44-19-21(6-9-28(44)40-26)22-17-37-32(38-18-22)43-12-10-25(11-13-43)39-30(45)23-15-36-16-23/h4-9,17-19,23,25,36H,3,10-13,15-16H2,1-2H3,(H,39,45). The van der Waals surface area contributed by atoms with E-state index in [2.05, 4.69) is 28.5 Å². The van der Waals surface area contributed by atoms with Gasteiger partial charge in [-0.25, -0.2) is 24.3 Å². The van der Waals surface area contributed by atoms with Crippen molar-refractivity contribution in [3.05, 3.63) is 71.4 Å². The number of imidazole rings is 1. The van der Waals surface area contributed by atoms with Gasteiger partial charge in [0.15, 0.2) is 5.13 Å². The fraction of sp³-hybridized carbons (Fsp3) is 0.333. The van der Waals surface area contributed by atoms with Crippen LogP contribution >= 0.6 is 11.3 Å². The summed E-state index contributed by atoms with van der Waals surface area (Å²) in [6.07, 6.45) is 8.15. The maximum absolute atomic E-state index is 13.6. The Balaban J connectivity index is 1.11. The lowest BCUT2D eigenvalue weighted by Gasteiger charge is -2.34. The highest BCUT2D eigenvalue weighted by molar-refractivity contribution is 7.16. The second-order valence-electron chi connectivity index (χ2n) is 11.6. The maximum Gasteiger partial charge on any atom is 0.225 e. The van der Waals surface area contributed by atoms with Gasteiger partial charge < -0.3 is 20.4 Å². The van der Waals surface area contributed by atoms with Crippen LogP contribution in [0.5, 0.6) is 0 Å². The number of rotatable bonds is 8. The Hall–Kier alpha value is -4.93. The third-order valence-corrected chi connectivity index (χ3v) is 9.72. The average molecular weight is 637 g/mol. The minimum atomic E-state index is -0.340. The highest BCUT2D eigenvalue weighted by Crippen LogP contribution is 2.37. The molecule has 2 saturated heterocycles. The first-order chi connectivity index (χ1) is 22.4. The Morgan fingerprint density at radius 1 is 1.09 bits per heavy atom. The summed E-state index contributed by atoms with van der Waals surface area (Å²) in [5.41, 5.74) is 4.71. The van der Waals surface area contributed by atoms with Crippen molar-refractivity contribution in [1.82, 2.24) is 35.0 Å². The first-order valence-corrected chi connectivity index (χ1v) is 16.2. The molecule has 0 spiro atoms. The van der Waals surface area contributed by atoms with Crippen LogP contribution in [0.1, 0.15) is 30.3 Å². The zero-order chi connectivity index (χ0) is 31.8. The van der Waals surface area contributed by atoms with Crippen LogP contribution in [0.4, 0.5) is 21.3 Å². The second kappa shape index (κ2) is 12.5. The lowest BCUT2D eigenvalue weighted by atomic mass is 10.00. The summed E-state index contributed by atoms with van der Waals surface area (Å²) >= 11 is 1.29. The monoisotopic (exact) mass is 636 g/mol. The number of piperidine rings is 1. The summed E-state index contributed by atoms with van der Waals surface area (Å²) < 4.78 is 15.6. The Labute approximate surface area is 269 Å². The van der Waals surface area contributed by atoms with Crippen molar-refractivity contribution in [1.29, 1.82) is 5.26 Å². The molecule has 1 aromatic carbocycles. The summed E-state index contributed by atoms with van der Waals surface area (Å²) in [7, 11) is 1.92. The van der Waals surface area contributed by atoms with E-state index in [1.807, 2.05) is 47.1 Å². The van der Waals surface area contributed by atoms with Gasteiger partial charge in [-0.1, -0.05) is 18.3 Å². The van der Waals surface area contributed by atoms with Crippen molar-refractivity contribution in [3.8, 4) is 28.5 Å². The zero-order valence-electron chi connectivity index (χ0n) is 25.6. The number of hydrogen-bond acceptors (Lipinski definition) is 10. The van der Waals surface area contributed by atoms with Gasteiger partial charge in [0.2, 0.25) is 11.9 Å². The molecule has 4 aromatic heterocycles. The van der Waals surface area contributed by atoms with Gasteiger partial charge in [0.05, 0.1) is 11.6 Å². The molecule has 0 unspecified atom stereocenters. The number of halogens is 1. The smallest absolute Gasteiger partial charge is 0.225 e. The number of nitrogens with one attached hydrogen (secondary N) is 2. The number of nitriles is 1. The Kier molecular flexibility index (Phi) is 8.06. The number of amides is 1. The highest BCUT2D eigenvalue weighted by atomic mass is 32.1. The lowest BCUT2D eigenvalue weighted by Crippen LogP contribution is -2.54. The van der Waals surface area contributed by atoms with Gasteiger partial charge in [0.1, 0.15) is 33.9 Å². The first kappa shape index (κ1) is 29.8. The minimum Gasteiger partial charge on any atom is -0.353 e. The van der Waals surface area contributed by atoms with E-state index in [0.29, 0.717) is 33.6 Å². The van der Waals surface area contributed by atoms with E-state index < -0.39 is 0 Å². The molecule has 6 heterocycles. The molecule has 0 atom stereocenters. The van der Waals surface area contributed by atoms with Crippen molar-refractivity contribution >= 4 is 39.8 Å². The van der Waals surface area contributed by atoms with Crippen LogP contribution in [0.15, 0.2) is 55.0 Å². The van der Waals surface area contributed by atoms with Gasteiger partial charge >= 0.3 is 0 Å². The third-order valence-electron chi connectivity index (χ3n) is 8.69. The molecule has 46 heavy (non-hydrogen) atoms. The predicted octanol–water partition coefficient (Wildman–Crippen LogP) is 4.56. The number of thiazole rings is 1. The van der Waals surface area contributed by atoms with Crippen LogP contribution < -0.4 is 20.4 Å². The highest BCUT2D eigenvalue weighted by Gasteiger charge is 2.29. The van der Waals surface area contributed by atoms with Crippen molar-refractivity contribution in [2.45, 2.75) is 32.2 Å². The minimum absolute atomic E-state index is 0.102. The fourth-order valence-electron chi connectivity index (χ4n) is 5.92. The lowest BCUT2D eigenvalue weighted by molar-refractivity contribution is -0.127. The molecule has 2 N–H and O–H groups in total. The molecule has 0 radical (unpaired) electrons. The van der Waals surface area contributed by atoms with Crippen LogP contribution in [0.3, 0.4) is 0 Å². The number of aromatic nitrogens is 5. The van der Waals surface area contributed by atoms with E-state index in [1.54, 1.807) is 12.1 Å². The number of hydrogen-bond donors (Lipinski definition) is 2. The van der Waals surface area contributed by atoms with Crippen LogP contribution in [0.25, 0.3) is 28.0 Å². The molecular weight excluding hydrogens is 603 g/mol. The molecule has 0 bridgehead atoms. The van der Waals surface area contributed by atoms with Crippen LogP contribution in [0.2, 0.25) is 0 Å². The van der Waals surface area contributed by atoms with Gasteiger partial charge in [0, 0.05) is 74.5 Å². The summed E-state index contributed by atoms with van der Waals surface area (Å²) in [4.78, 5) is 36.0. The zero-order valence-corrected chi connectivity index (χ0v) is 26.4. The van der Waals surface area contributed by atoms with Crippen molar-refractivity contribution in [3.63, 3.8) is 0 Å².